The molecule has 18 heavy (non-hydrogen) atoms. The Bertz CT molecular complexity index is 472. The Morgan fingerprint density at radius 1 is 1.39 bits per heavy atom. The molecule has 1 aromatic carbocycles. The molecule has 1 saturated heterocycles. The molecular formula is C12H13FN2O3. The van der Waals surface area contributed by atoms with Crippen LogP contribution in [0.5, 0.6) is 0 Å². The summed E-state index contributed by atoms with van der Waals surface area (Å²) >= 11 is 0. The van der Waals surface area contributed by atoms with E-state index in [-0.39, 0.29) is 31.1 Å². The first-order valence-electron chi connectivity index (χ1n) is 5.56. The minimum absolute atomic E-state index is 0.0889. The van der Waals surface area contributed by atoms with E-state index in [9.17, 15) is 14.0 Å². The molecule has 96 valence electrons. The lowest BCUT2D eigenvalue weighted by Gasteiger charge is -2.35. The van der Waals surface area contributed by atoms with Crippen LogP contribution in [0.3, 0.4) is 0 Å². The Hall–Kier alpha value is -1.95. The number of β-amino-alcohol motifs (C(OH)–C–C–N with tert-alkyl or cyclic N) is 1. The van der Waals surface area contributed by atoms with Crippen molar-refractivity contribution < 1.29 is 19.1 Å². The van der Waals surface area contributed by atoms with E-state index in [1.807, 2.05) is 0 Å². The molecule has 6 heteroatoms. The third-order valence-corrected chi connectivity index (χ3v) is 2.73. The Morgan fingerprint density at radius 3 is 2.67 bits per heavy atom. The van der Waals surface area contributed by atoms with E-state index in [1.165, 1.54) is 23.1 Å². The molecule has 0 bridgehead atoms. The van der Waals surface area contributed by atoms with Gasteiger partial charge in [0, 0.05) is 13.1 Å². The molecule has 0 spiro atoms. The van der Waals surface area contributed by atoms with Crippen molar-refractivity contribution in [3.05, 3.63) is 35.6 Å². The fourth-order valence-corrected chi connectivity index (χ4v) is 1.67. The van der Waals surface area contributed by atoms with Gasteiger partial charge in [-0.05, 0) is 12.1 Å². The monoisotopic (exact) mass is 252 g/mol. The summed E-state index contributed by atoms with van der Waals surface area (Å²) in [4.78, 5) is 24.5. The smallest absolute Gasteiger partial charge is 0.254 e. The van der Waals surface area contributed by atoms with Gasteiger partial charge in [-0.25, -0.2) is 4.39 Å². The van der Waals surface area contributed by atoms with Crippen LogP contribution in [-0.4, -0.2) is 47.6 Å². The van der Waals surface area contributed by atoms with Crippen molar-refractivity contribution in [3.8, 4) is 0 Å². The molecule has 0 aliphatic carbocycles. The van der Waals surface area contributed by atoms with Crippen LogP contribution >= 0.6 is 0 Å². The van der Waals surface area contributed by atoms with E-state index in [0.717, 1.165) is 0 Å². The zero-order chi connectivity index (χ0) is 13.1. The minimum atomic E-state index is -0.623. The molecule has 0 radical (unpaired) electrons. The van der Waals surface area contributed by atoms with Gasteiger partial charge in [-0.15, -0.1) is 0 Å². The third-order valence-electron chi connectivity index (χ3n) is 2.73. The summed E-state index contributed by atoms with van der Waals surface area (Å²) in [7, 11) is 0. The maximum absolute atomic E-state index is 13.3. The number of carbonyl (C=O) groups excluding carboxylic acids is 2. The van der Waals surface area contributed by atoms with Gasteiger partial charge in [-0.1, -0.05) is 12.1 Å². The second-order valence-corrected chi connectivity index (χ2v) is 4.12. The number of amides is 2. The van der Waals surface area contributed by atoms with Crippen LogP contribution in [0.1, 0.15) is 10.4 Å². The Kier molecular flexibility index (Phi) is 3.57. The number of rotatable bonds is 3. The number of hydrogen-bond acceptors (Lipinski definition) is 3. The second-order valence-electron chi connectivity index (χ2n) is 4.12. The molecule has 1 fully saturated rings. The number of nitrogens with one attached hydrogen (secondary N) is 1. The van der Waals surface area contributed by atoms with Gasteiger partial charge in [0.05, 0.1) is 18.2 Å². The van der Waals surface area contributed by atoms with E-state index in [1.54, 1.807) is 6.07 Å². The first kappa shape index (κ1) is 12.5. The fraction of sp³-hybridized carbons (Fsp3) is 0.333. The summed E-state index contributed by atoms with van der Waals surface area (Å²) in [5, 5.41) is 11.4. The highest BCUT2D eigenvalue weighted by atomic mass is 19.1. The van der Waals surface area contributed by atoms with E-state index in [2.05, 4.69) is 5.32 Å². The normalized spacial score (nSPS) is 15.1. The van der Waals surface area contributed by atoms with Crippen LogP contribution in [0.2, 0.25) is 0 Å². The molecule has 2 rings (SSSR count). The van der Waals surface area contributed by atoms with Crippen molar-refractivity contribution in [2.45, 2.75) is 6.10 Å². The van der Waals surface area contributed by atoms with E-state index in [0.29, 0.717) is 0 Å². The van der Waals surface area contributed by atoms with Crippen molar-refractivity contribution in [1.29, 1.82) is 0 Å². The number of benzene rings is 1. The highest BCUT2D eigenvalue weighted by molar-refractivity contribution is 5.96. The van der Waals surface area contributed by atoms with Crippen LogP contribution in [0.4, 0.5) is 4.39 Å². The summed E-state index contributed by atoms with van der Waals surface area (Å²) in [6.45, 7) is 0.378. The molecule has 2 amide bonds. The van der Waals surface area contributed by atoms with Crippen LogP contribution in [-0.2, 0) is 4.79 Å². The molecule has 0 atom stereocenters. The van der Waals surface area contributed by atoms with Crippen LogP contribution < -0.4 is 5.32 Å². The fourth-order valence-electron chi connectivity index (χ4n) is 1.67. The van der Waals surface area contributed by atoms with Crippen molar-refractivity contribution in [2.75, 3.05) is 19.6 Å². The highest BCUT2D eigenvalue weighted by Crippen LogP contribution is 2.08. The minimum Gasteiger partial charge on any atom is -0.389 e. The average molecular weight is 252 g/mol. The Morgan fingerprint density at radius 2 is 2.06 bits per heavy atom. The second kappa shape index (κ2) is 5.14. The summed E-state index contributed by atoms with van der Waals surface area (Å²) in [6.07, 6.45) is -0.476. The summed E-state index contributed by atoms with van der Waals surface area (Å²) in [5.41, 5.74) is -0.0889. The molecular weight excluding hydrogens is 239 g/mol. The number of aliphatic hydroxyl groups excluding tert-OH is 1. The number of likely N-dealkylation sites (tertiary alicyclic amines) is 1. The molecule has 1 aliphatic rings. The van der Waals surface area contributed by atoms with Crippen molar-refractivity contribution in [1.82, 2.24) is 10.2 Å². The lowest BCUT2D eigenvalue weighted by molar-refractivity contribution is -0.140. The molecule has 0 aromatic heterocycles. The molecule has 5 nitrogen and oxygen atoms in total. The molecule has 0 unspecified atom stereocenters. The van der Waals surface area contributed by atoms with Crippen LogP contribution in [0.25, 0.3) is 0 Å². The van der Waals surface area contributed by atoms with Crippen LogP contribution in [0, 0.1) is 5.82 Å². The van der Waals surface area contributed by atoms with E-state index in [4.69, 9.17) is 5.11 Å². The van der Waals surface area contributed by atoms with Gasteiger partial charge in [-0.2, -0.15) is 0 Å². The lowest BCUT2D eigenvalue weighted by atomic mass is 10.1. The van der Waals surface area contributed by atoms with Gasteiger partial charge in [-0.3, -0.25) is 9.59 Å². The van der Waals surface area contributed by atoms with E-state index >= 15 is 0 Å². The van der Waals surface area contributed by atoms with Gasteiger partial charge in [0.25, 0.3) is 5.91 Å². The van der Waals surface area contributed by atoms with Gasteiger partial charge in [0.15, 0.2) is 0 Å². The number of aliphatic hydroxyl groups is 1. The van der Waals surface area contributed by atoms with Crippen molar-refractivity contribution in [3.63, 3.8) is 0 Å². The quantitative estimate of drug-likeness (QED) is 0.780. The summed E-state index contributed by atoms with van der Waals surface area (Å²) in [5.74, 6) is -1.53. The first-order valence-corrected chi connectivity index (χ1v) is 5.56. The predicted molar refractivity (Wildman–Crippen MR) is 61.3 cm³/mol. The SMILES string of the molecule is O=C(NCC(=O)N1CC(O)C1)c1ccccc1F. The van der Waals surface area contributed by atoms with Gasteiger partial charge in [0.2, 0.25) is 5.91 Å². The maximum Gasteiger partial charge on any atom is 0.254 e. The molecule has 0 saturated carbocycles. The zero-order valence-electron chi connectivity index (χ0n) is 9.60. The van der Waals surface area contributed by atoms with Crippen LogP contribution in [0.15, 0.2) is 24.3 Å². The molecule has 1 heterocycles. The lowest BCUT2D eigenvalue weighted by Crippen LogP contribution is -2.55. The Balaban J connectivity index is 1.85. The van der Waals surface area contributed by atoms with Crippen molar-refractivity contribution >= 4 is 11.8 Å². The van der Waals surface area contributed by atoms with Gasteiger partial charge < -0.3 is 15.3 Å². The first-order chi connectivity index (χ1) is 8.58. The average Bonchev–Trinajstić information content (AvgIpc) is 2.32. The summed E-state index contributed by atoms with van der Waals surface area (Å²) < 4.78 is 13.3. The molecule has 1 aromatic rings. The number of carbonyl (C=O) groups is 2. The maximum atomic E-state index is 13.3. The standard InChI is InChI=1S/C12H13FN2O3/c13-10-4-2-1-3-9(10)12(18)14-5-11(17)15-6-8(16)7-15/h1-4,8,16H,5-7H2,(H,14,18). The largest absolute Gasteiger partial charge is 0.389 e. The number of hydrogen-bond donors (Lipinski definition) is 2. The van der Waals surface area contributed by atoms with Crippen molar-refractivity contribution in [2.24, 2.45) is 0 Å². The van der Waals surface area contributed by atoms with Gasteiger partial charge in [0.1, 0.15) is 5.82 Å². The molecule has 1 aliphatic heterocycles. The zero-order valence-corrected chi connectivity index (χ0v) is 9.60. The summed E-state index contributed by atoms with van der Waals surface area (Å²) in [6, 6.07) is 5.56. The number of halogens is 1. The topological polar surface area (TPSA) is 69.6 Å². The molecule has 2 N–H and O–H groups in total. The Labute approximate surface area is 103 Å². The third kappa shape index (κ3) is 2.65. The highest BCUT2D eigenvalue weighted by Gasteiger charge is 2.28. The van der Waals surface area contributed by atoms with E-state index < -0.39 is 17.8 Å². The number of nitrogens with zero attached hydrogens (tertiary/aromatic N) is 1. The predicted octanol–water partition coefficient (Wildman–Crippen LogP) is -0.241. The van der Waals surface area contributed by atoms with Gasteiger partial charge >= 0.3 is 0 Å².